The summed E-state index contributed by atoms with van der Waals surface area (Å²) < 4.78 is 6.11. The van der Waals surface area contributed by atoms with E-state index in [0.29, 0.717) is 29.9 Å². The molecule has 1 fully saturated rings. The summed E-state index contributed by atoms with van der Waals surface area (Å²) in [6.07, 6.45) is 3.62. The number of amides is 4. The highest BCUT2D eigenvalue weighted by Gasteiger charge is 2.48. The average Bonchev–Trinajstić information content (AvgIpc) is 3.41. The van der Waals surface area contributed by atoms with E-state index < -0.39 is 18.0 Å². The maximum absolute atomic E-state index is 13.4. The summed E-state index contributed by atoms with van der Waals surface area (Å²) in [7, 11) is 0. The molecule has 0 saturated carbocycles. The van der Waals surface area contributed by atoms with Crippen molar-refractivity contribution in [3.05, 3.63) is 167 Å². The van der Waals surface area contributed by atoms with Gasteiger partial charge >= 0.3 is 6.03 Å². The zero-order valence-electron chi connectivity index (χ0n) is 28.8. The van der Waals surface area contributed by atoms with E-state index in [1.54, 1.807) is 31.2 Å². The molecule has 0 spiro atoms. The van der Waals surface area contributed by atoms with Gasteiger partial charge in [0.1, 0.15) is 18.4 Å². The lowest BCUT2D eigenvalue weighted by Crippen LogP contribution is -2.41. The van der Waals surface area contributed by atoms with Gasteiger partial charge in [-0.15, -0.1) is 0 Å². The molecule has 2 unspecified atom stereocenters. The Morgan fingerprint density at radius 2 is 1.30 bits per heavy atom. The third kappa shape index (κ3) is 8.20. The first-order valence-electron chi connectivity index (χ1n) is 17.6. The smallest absolute Gasteiger partial charge is 0.338 e. The minimum atomic E-state index is -0.894. The summed E-state index contributed by atoms with van der Waals surface area (Å²) in [6.45, 7) is 4.44. The number of hydrogen-bond donors (Lipinski definition) is 0. The number of hydrogen-bond acceptors (Lipinski definition) is 4. The van der Waals surface area contributed by atoms with Crippen LogP contribution >= 0.6 is 0 Å². The standard InChI is InChI=1S/C44H44N2O4/c1-3-42(47)46-41(43(48)45(44(46)49)39-17-11-6-12-18-39)30-34-22-27-40(28-23-34)50-31-35-20-24-36(25-21-35)32(2)29-38(37-15-9-5-10-16-37)26-19-33-13-7-4-8-14-33/h4-18,20-25,27-28,32,38,41H,3,19,26,29-31H2,1-2H3/t32?,38?,41-/m0/s1. The van der Waals surface area contributed by atoms with E-state index in [1.807, 2.05) is 30.3 Å². The number of urea groups is 1. The molecule has 1 heterocycles. The molecule has 0 N–H and O–H groups in total. The molecule has 0 radical (unpaired) electrons. The molecular formula is C44H44N2O4. The predicted molar refractivity (Wildman–Crippen MR) is 198 cm³/mol. The number of imide groups is 2. The molecule has 0 bridgehead atoms. The molecule has 1 aliphatic rings. The van der Waals surface area contributed by atoms with Crippen LogP contribution in [0.15, 0.2) is 140 Å². The van der Waals surface area contributed by atoms with Crippen LogP contribution in [0.4, 0.5) is 10.5 Å². The Labute approximate surface area is 295 Å². The number of rotatable bonds is 14. The fourth-order valence-corrected chi connectivity index (χ4v) is 6.79. The number of para-hydroxylation sites is 1. The summed E-state index contributed by atoms with van der Waals surface area (Å²) in [5, 5.41) is 0. The lowest BCUT2D eigenvalue weighted by atomic mass is 9.83. The number of aryl methyl sites for hydroxylation is 1. The van der Waals surface area contributed by atoms with Crippen molar-refractivity contribution in [3.63, 3.8) is 0 Å². The molecule has 0 aliphatic carbocycles. The minimum absolute atomic E-state index is 0.133. The third-order valence-corrected chi connectivity index (χ3v) is 9.64. The molecule has 3 atom stereocenters. The van der Waals surface area contributed by atoms with Crippen LogP contribution in [0.3, 0.4) is 0 Å². The van der Waals surface area contributed by atoms with Gasteiger partial charge in [0.15, 0.2) is 0 Å². The largest absolute Gasteiger partial charge is 0.489 e. The number of carbonyl (C=O) groups is 3. The van der Waals surface area contributed by atoms with Crippen LogP contribution in [0, 0.1) is 0 Å². The van der Waals surface area contributed by atoms with E-state index >= 15 is 0 Å². The topological polar surface area (TPSA) is 66.9 Å². The lowest BCUT2D eigenvalue weighted by Gasteiger charge is -2.22. The predicted octanol–water partition coefficient (Wildman–Crippen LogP) is 9.49. The maximum Gasteiger partial charge on any atom is 0.338 e. The second-order valence-corrected chi connectivity index (χ2v) is 13.1. The van der Waals surface area contributed by atoms with Gasteiger partial charge in [-0.25, -0.2) is 9.69 Å². The highest BCUT2D eigenvalue weighted by molar-refractivity contribution is 6.25. The second kappa shape index (κ2) is 16.3. The molecule has 5 aromatic rings. The van der Waals surface area contributed by atoms with Crippen LogP contribution in [0.25, 0.3) is 0 Å². The average molecular weight is 665 g/mol. The summed E-state index contributed by atoms with van der Waals surface area (Å²) in [4.78, 5) is 41.6. The first kappa shape index (κ1) is 34.4. The minimum Gasteiger partial charge on any atom is -0.489 e. The Hall–Kier alpha value is -5.49. The normalized spacial score (nSPS) is 15.6. The van der Waals surface area contributed by atoms with Crippen LogP contribution in [0.5, 0.6) is 5.75 Å². The van der Waals surface area contributed by atoms with Gasteiger partial charge in [0.2, 0.25) is 5.91 Å². The van der Waals surface area contributed by atoms with Crippen molar-refractivity contribution in [2.45, 2.75) is 70.4 Å². The second-order valence-electron chi connectivity index (χ2n) is 13.1. The SMILES string of the molecule is CCC(=O)N1C(=O)N(c2ccccc2)C(=O)[C@@H]1Cc1ccc(OCc2ccc(C(C)CC(CCc3ccccc3)c3ccccc3)cc2)cc1. The van der Waals surface area contributed by atoms with Crippen molar-refractivity contribution >= 4 is 23.5 Å². The maximum atomic E-state index is 13.4. The Bertz CT molecular complexity index is 1860. The van der Waals surface area contributed by atoms with Crippen molar-refractivity contribution in [1.82, 2.24) is 4.90 Å². The first-order chi connectivity index (χ1) is 24.4. The number of anilines is 1. The van der Waals surface area contributed by atoms with Gasteiger partial charge in [-0.3, -0.25) is 14.5 Å². The van der Waals surface area contributed by atoms with Crippen LogP contribution < -0.4 is 9.64 Å². The zero-order valence-corrected chi connectivity index (χ0v) is 28.8. The Kier molecular flexibility index (Phi) is 11.2. The van der Waals surface area contributed by atoms with Gasteiger partial charge in [0, 0.05) is 12.8 Å². The Balaban J connectivity index is 1.05. The molecular weight excluding hydrogens is 620 g/mol. The number of carbonyl (C=O) groups excluding carboxylic acids is 3. The van der Waals surface area contributed by atoms with E-state index in [2.05, 4.69) is 91.9 Å². The van der Waals surface area contributed by atoms with Crippen molar-refractivity contribution < 1.29 is 19.1 Å². The van der Waals surface area contributed by atoms with Gasteiger partial charge in [0.05, 0.1) is 5.69 Å². The Morgan fingerprint density at radius 1 is 0.700 bits per heavy atom. The van der Waals surface area contributed by atoms with Crippen molar-refractivity contribution in [3.8, 4) is 5.75 Å². The number of nitrogens with zero attached hydrogens (tertiary/aromatic N) is 2. The fraction of sp³-hybridized carbons (Fsp3) is 0.250. The third-order valence-electron chi connectivity index (χ3n) is 9.64. The molecule has 254 valence electrons. The molecule has 4 amide bonds. The van der Waals surface area contributed by atoms with E-state index in [4.69, 9.17) is 4.74 Å². The van der Waals surface area contributed by atoms with E-state index in [0.717, 1.165) is 40.2 Å². The van der Waals surface area contributed by atoms with Crippen LogP contribution in [0.1, 0.15) is 72.8 Å². The molecule has 6 rings (SSSR count). The van der Waals surface area contributed by atoms with Gasteiger partial charge in [-0.1, -0.05) is 129 Å². The van der Waals surface area contributed by atoms with Crippen molar-refractivity contribution in [2.24, 2.45) is 0 Å². The molecule has 1 saturated heterocycles. The van der Waals surface area contributed by atoms with Crippen LogP contribution in [-0.4, -0.2) is 28.8 Å². The molecule has 6 nitrogen and oxygen atoms in total. The zero-order chi connectivity index (χ0) is 34.9. The molecule has 50 heavy (non-hydrogen) atoms. The summed E-state index contributed by atoms with van der Waals surface area (Å²) >= 11 is 0. The van der Waals surface area contributed by atoms with Crippen molar-refractivity contribution in [1.29, 1.82) is 0 Å². The highest BCUT2D eigenvalue weighted by Crippen LogP contribution is 2.34. The fourth-order valence-electron chi connectivity index (χ4n) is 6.79. The first-order valence-corrected chi connectivity index (χ1v) is 17.6. The van der Waals surface area contributed by atoms with E-state index in [9.17, 15) is 14.4 Å². The summed E-state index contributed by atoms with van der Waals surface area (Å²) in [5.41, 5.74) is 6.48. The lowest BCUT2D eigenvalue weighted by molar-refractivity contribution is -0.132. The van der Waals surface area contributed by atoms with E-state index in [1.165, 1.54) is 16.7 Å². The monoisotopic (exact) mass is 664 g/mol. The molecule has 5 aromatic carbocycles. The van der Waals surface area contributed by atoms with Crippen LogP contribution in [0.2, 0.25) is 0 Å². The summed E-state index contributed by atoms with van der Waals surface area (Å²) in [5.74, 6) is 0.818. The van der Waals surface area contributed by atoms with Crippen molar-refractivity contribution in [2.75, 3.05) is 4.90 Å². The Morgan fingerprint density at radius 3 is 1.94 bits per heavy atom. The highest BCUT2D eigenvalue weighted by atomic mass is 16.5. The molecule has 1 aliphatic heterocycles. The van der Waals surface area contributed by atoms with Gasteiger partial charge in [0.25, 0.3) is 5.91 Å². The van der Waals surface area contributed by atoms with Gasteiger partial charge in [-0.2, -0.15) is 0 Å². The molecule has 6 heteroatoms. The van der Waals surface area contributed by atoms with Crippen LogP contribution in [-0.2, 0) is 29.0 Å². The summed E-state index contributed by atoms with van der Waals surface area (Å²) in [6, 6.07) is 45.1. The van der Waals surface area contributed by atoms with Gasteiger partial charge in [-0.05, 0) is 83.2 Å². The quantitative estimate of drug-likeness (QED) is 0.111. The number of benzene rings is 5. The van der Waals surface area contributed by atoms with Gasteiger partial charge < -0.3 is 4.74 Å². The molecule has 0 aromatic heterocycles. The number of ether oxygens (including phenoxy) is 1. The van der Waals surface area contributed by atoms with E-state index in [-0.39, 0.29) is 18.7 Å².